The van der Waals surface area contributed by atoms with Crippen molar-refractivity contribution >= 4 is 11.0 Å². The molecule has 1 heterocycles. The van der Waals surface area contributed by atoms with Crippen LogP contribution in [0.4, 0.5) is 0 Å². The SMILES string of the molecule is CCCOc1cc[o+]c2ccccc12. The highest BCUT2D eigenvalue weighted by Crippen LogP contribution is 2.24. The van der Waals surface area contributed by atoms with Gasteiger partial charge >= 0.3 is 11.8 Å². The van der Waals surface area contributed by atoms with Crippen molar-refractivity contribution in [1.29, 1.82) is 0 Å². The van der Waals surface area contributed by atoms with Gasteiger partial charge in [0.25, 0.3) is 0 Å². The number of benzene rings is 1. The molecule has 0 atom stereocenters. The zero-order chi connectivity index (χ0) is 9.80. The normalized spacial score (nSPS) is 10.4. The van der Waals surface area contributed by atoms with Gasteiger partial charge in [-0.1, -0.05) is 19.1 Å². The molecule has 0 aliphatic rings. The summed E-state index contributed by atoms with van der Waals surface area (Å²) < 4.78 is 11.0. The molecule has 2 nitrogen and oxygen atoms in total. The summed E-state index contributed by atoms with van der Waals surface area (Å²) in [5.74, 6) is 0.897. The van der Waals surface area contributed by atoms with E-state index in [1.165, 1.54) is 0 Å². The molecule has 2 rings (SSSR count). The molecule has 2 aromatic rings. The van der Waals surface area contributed by atoms with Gasteiger partial charge in [-0.25, -0.2) is 4.42 Å². The molecule has 0 aliphatic heterocycles. The van der Waals surface area contributed by atoms with E-state index in [9.17, 15) is 0 Å². The molecular weight excluding hydrogens is 176 g/mol. The van der Waals surface area contributed by atoms with Crippen molar-refractivity contribution in [1.82, 2.24) is 0 Å². The van der Waals surface area contributed by atoms with Gasteiger partial charge in [0.15, 0.2) is 0 Å². The second kappa shape index (κ2) is 4.09. The molecule has 0 spiro atoms. The van der Waals surface area contributed by atoms with Crippen LogP contribution in [0, 0.1) is 0 Å². The number of rotatable bonds is 3. The average molecular weight is 189 g/mol. The highest BCUT2D eigenvalue weighted by Gasteiger charge is 2.09. The summed E-state index contributed by atoms with van der Waals surface area (Å²) in [7, 11) is 0. The Balaban J connectivity index is 2.43. The first-order valence-corrected chi connectivity index (χ1v) is 4.84. The van der Waals surface area contributed by atoms with Crippen LogP contribution in [-0.4, -0.2) is 6.61 Å². The van der Waals surface area contributed by atoms with Crippen molar-refractivity contribution in [2.24, 2.45) is 0 Å². The summed E-state index contributed by atoms with van der Waals surface area (Å²) in [5, 5.41) is 1.03. The number of ether oxygens (including phenoxy) is 1. The summed E-state index contributed by atoms with van der Waals surface area (Å²) in [6.07, 6.45) is 2.67. The first-order chi connectivity index (χ1) is 6.92. The molecule has 1 aromatic carbocycles. The zero-order valence-corrected chi connectivity index (χ0v) is 8.19. The van der Waals surface area contributed by atoms with E-state index in [0.29, 0.717) is 0 Å². The topological polar surface area (TPSA) is 20.5 Å². The van der Waals surface area contributed by atoms with Gasteiger partial charge in [0.2, 0.25) is 0 Å². The lowest BCUT2D eigenvalue weighted by Gasteiger charge is -2.02. The van der Waals surface area contributed by atoms with Crippen LogP contribution < -0.4 is 4.74 Å². The van der Waals surface area contributed by atoms with Crippen LogP contribution >= 0.6 is 0 Å². The predicted octanol–water partition coefficient (Wildman–Crippen LogP) is 3.50. The third kappa shape index (κ3) is 1.69. The Kier molecular flexibility index (Phi) is 2.63. The Morgan fingerprint density at radius 3 is 2.93 bits per heavy atom. The van der Waals surface area contributed by atoms with Gasteiger partial charge in [-0.05, 0) is 12.5 Å². The molecule has 0 radical (unpaired) electrons. The summed E-state index contributed by atoms with van der Waals surface area (Å²) in [6.45, 7) is 2.84. The molecule has 2 heteroatoms. The third-order valence-electron chi connectivity index (χ3n) is 2.03. The van der Waals surface area contributed by atoms with Crippen molar-refractivity contribution in [3.63, 3.8) is 0 Å². The monoisotopic (exact) mass is 189 g/mol. The van der Waals surface area contributed by atoms with Crippen molar-refractivity contribution in [3.05, 3.63) is 36.6 Å². The quantitative estimate of drug-likeness (QED) is 0.689. The highest BCUT2D eigenvalue weighted by atomic mass is 16.5. The molecule has 0 bridgehead atoms. The summed E-state index contributed by atoms with van der Waals surface area (Å²) in [4.78, 5) is 0. The molecule has 0 saturated heterocycles. The Morgan fingerprint density at radius 2 is 2.07 bits per heavy atom. The highest BCUT2D eigenvalue weighted by molar-refractivity contribution is 5.82. The molecule has 0 fully saturated rings. The minimum absolute atomic E-state index is 0.744. The van der Waals surface area contributed by atoms with Gasteiger partial charge in [-0.15, -0.1) is 0 Å². The van der Waals surface area contributed by atoms with Crippen LogP contribution in [0.3, 0.4) is 0 Å². The standard InChI is InChI=1S/C12H13O2/c1-2-8-13-12-7-9-14-11-6-4-3-5-10(11)12/h3-7,9H,2,8H2,1H3/q+1. The summed E-state index contributed by atoms with van der Waals surface area (Å²) >= 11 is 0. The first kappa shape index (κ1) is 9.00. The fourth-order valence-corrected chi connectivity index (χ4v) is 1.37. The number of para-hydroxylation sites is 1. The largest absolute Gasteiger partial charge is 0.492 e. The van der Waals surface area contributed by atoms with Crippen molar-refractivity contribution in [2.45, 2.75) is 13.3 Å². The average Bonchev–Trinajstić information content (AvgIpc) is 2.26. The van der Waals surface area contributed by atoms with Crippen LogP contribution in [-0.2, 0) is 0 Å². The number of hydrogen-bond donors (Lipinski definition) is 0. The van der Waals surface area contributed by atoms with E-state index in [4.69, 9.17) is 9.15 Å². The second-order valence-corrected chi connectivity index (χ2v) is 3.13. The van der Waals surface area contributed by atoms with Gasteiger partial charge in [0.05, 0.1) is 12.7 Å². The van der Waals surface area contributed by atoms with Gasteiger partial charge in [0, 0.05) is 6.07 Å². The van der Waals surface area contributed by atoms with Crippen molar-refractivity contribution in [2.75, 3.05) is 6.61 Å². The van der Waals surface area contributed by atoms with E-state index in [1.54, 1.807) is 6.26 Å². The predicted molar refractivity (Wildman–Crippen MR) is 56.4 cm³/mol. The van der Waals surface area contributed by atoms with Crippen molar-refractivity contribution in [3.8, 4) is 5.75 Å². The number of fused-ring (bicyclic) bond motifs is 1. The van der Waals surface area contributed by atoms with Gasteiger partial charge in [-0.3, -0.25) is 0 Å². The van der Waals surface area contributed by atoms with Crippen LogP contribution in [0.1, 0.15) is 13.3 Å². The molecule has 72 valence electrons. The van der Waals surface area contributed by atoms with E-state index in [-0.39, 0.29) is 0 Å². The van der Waals surface area contributed by atoms with Crippen LogP contribution in [0.2, 0.25) is 0 Å². The minimum Gasteiger partial charge on any atom is -0.492 e. The molecule has 0 amide bonds. The van der Waals surface area contributed by atoms with E-state index in [0.717, 1.165) is 29.7 Å². The lowest BCUT2D eigenvalue weighted by Crippen LogP contribution is -1.95. The van der Waals surface area contributed by atoms with Crippen LogP contribution in [0.5, 0.6) is 5.75 Å². The second-order valence-electron chi connectivity index (χ2n) is 3.13. The molecule has 0 aliphatic carbocycles. The van der Waals surface area contributed by atoms with Gasteiger partial charge < -0.3 is 4.74 Å². The van der Waals surface area contributed by atoms with E-state index in [1.807, 2.05) is 30.3 Å². The maximum Gasteiger partial charge on any atom is 0.363 e. The zero-order valence-electron chi connectivity index (χ0n) is 8.19. The van der Waals surface area contributed by atoms with Crippen LogP contribution in [0.15, 0.2) is 41.0 Å². The summed E-state index contributed by atoms with van der Waals surface area (Å²) in [6, 6.07) is 9.74. The fraction of sp³-hybridized carbons (Fsp3) is 0.250. The van der Waals surface area contributed by atoms with E-state index < -0.39 is 0 Å². The molecule has 0 N–H and O–H groups in total. The van der Waals surface area contributed by atoms with Crippen molar-refractivity contribution < 1.29 is 9.15 Å². The van der Waals surface area contributed by atoms with E-state index in [2.05, 4.69) is 6.92 Å². The van der Waals surface area contributed by atoms with Gasteiger partial charge in [-0.2, -0.15) is 0 Å². The van der Waals surface area contributed by atoms with E-state index >= 15 is 0 Å². The minimum atomic E-state index is 0.744. The Morgan fingerprint density at radius 1 is 1.21 bits per heavy atom. The Labute approximate surface area is 83.1 Å². The lowest BCUT2D eigenvalue weighted by atomic mass is 10.2. The third-order valence-corrected chi connectivity index (χ3v) is 2.03. The summed E-state index contributed by atoms with van der Waals surface area (Å²) in [5.41, 5.74) is 0.862. The fourth-order valence-electron chi connectivity index (χ4n) is 1.37. The Hall–Kier alpha value is -1.57. The smallest absolute Gasteiger partial charge is 0.363 e. The maximum absolute atomic E-state index is 5.61. The molecular formula is C12H13O2+. The molecule has 1 aromatic heterocycles. The maximum atomic E-state index is 5.61. The molecule has 0 unspecified atom stereocenters. The Bertz CT molecular complexity index is 418. The molecule has 0 saturated carbocycles. The number of hydrogen-bond acceptors (Lipinski definition) is 1. The molecule has 14 heavy (non-hydrogen) atoms. The lowest BCUT2D eigenvalue weighted by molar-refractivity contribution is 0.319. The van der Waals surface area contributed by atoms with Gasteiger partial charge in [0.1, 0.15) is 11.1 Å². The first-order valence-electron chi connectivity index (χ1n) is 4.84. The van der Waals surface area contributed by atoms with Crippen LogP contribution in [0.25, 0.3) is 11.0 Å².